The van der Waals surface area contributed by atoms with E-state index in [2.05, 4.69) is 30.8 Å². The number of hydrogen-bond donors (Lipinski definition) is 3. The molecule has 0 unspecified atom stereocenters. The van der Waals surface area contributed by atoms with Crippen molar-refractivity contribution in [2.45, 2.75) is 33.9 Å². The summed E-state index contributed by atoms with van der Waals surface area (Å²) in [5.41, 5.74) is 9.26. The largest absolute Gasteiger partial charge is 0.462 e. The van der Waals surface area contributed by atoms with Crippen molar-refractivity contribution in [2.24, 2.45) is 5.73 Å². The van der Waals surface area contributed by atoms with E-state index in [1.165, 1.54) is 9.36 Å². The number of nitrogens with zero attached hydrogens (tertiary/aromatic N) is 6. The molecule has 0 aliphatic heterocycles. The predicted octanol–water partition coefficient (Wildman–Crippen LogP) is 6.58. The number of esters is 2. The van der Waals surface area contributed by atoms with E-state index in [0.717, 1.165) is 16.5 Å². The van der Waals surface area contributed by atoms with E-state index >= 15 is 0 Å². The third-order valence-electron chi connectivity index (χ3n) is 8.88. The number of fused-ring (bicyclic) bond motifs is 1. The van der Waals surface area contributed by atoms with E-state index in [1.807, 2.05) is 105 Å². The minimum absolute atomic E-state index is 0.0293. The number of nitrogens with one attached hydrogen (secondary N) is 2. The molecule has 3 aromatic carbocycles. The molecule has 7 rings (SSSR count). The quantitative estimate of drug-likeness (QED) is 0.106. The Morgan fingerprint density at radius 3 is 1.78 bits per heavy atom. The lowest BCUT2D eigenvalue weighted by Crippen LogP contribution is -2.29. The van der Waals surface area contributed by atoms with Crippen molar-refractivity contribution >= 4 is 45.6 Å². The molecule has 0 bridgehead atoms. The number of nitrogens with two attached hydrogens (primary N) is 1. The molecule has 0 fully saturated rings. The molecule has 0 atom stereocenters. The van der Waals surface area contributed by atoms with Crippen molar-refractivity contribution in [3.63, 3.8) is 0 Å². The van der Waals surface area contributed by atoms with E-state index < -0.39 is 23.1 Å². The summed E-state index contributed by atoms with van der Waals surface area (Å²) in [6, 6.07) is 31.2. The first-order valence-corrected chi connectivity index (χ1v) is 19.0. The maximum Gasteiger partial charge on any atom is 0.342 e. The number of rotatable bonds is 13. The van der Waals surface area contributed by atoms with Crippen LogP contribution in [0, 0.1) is 0 Å². The molecule has 0 aliphatic rings. The summed E-state index contributed by atoms with van der Waals surface area (Å²) in [5, 5.41) is 15.9. The molecule has 0 radical (unpaired) electrons. The van der Waals surface area contributed by atoms with Crippen LogP contribution >= 0.6 is 0 Å². The highest BCUT2D eigenvalue weighted by molar-refractivity contribution is 6.04. The minimum atomic E-state index is -0.664. The summed E-state index contributed by atoms with van der Waals surface area (Å²) in [5.74, 6) is -1.27. The van der Waals surface area contributed by atoms with Crippen molar-refractivity contribution in [1.82, 2.24) is 29.5 Å². The Bertz CT molecular complexity index is 2670. The second-order valence-corrected chi connectivity index (χ2v) is 12.7. The summed E-state index contributed by atoms with van der Waals surface area (Å²) in [6.45, 7) is 6.45. The lowest BCUT2D eigenvalue weighted by atomic mass is 10.0. The Balaban J connectivity index is 0.000000201. The zero-order valence-corrected chi connectivity index (χ0v) is 32.8. The zero-order chi connectivity index (χ0) is 41.7. The van der Waals surface area contributed by atoms with E-state index in [-0.39, 0.29) is 42.3 Å². The Hall–Kier alpha value is -7.52. The van der Waals surface area contributed by atoms with Gasteiger partial charge >= 0.3 is 11.9 Å². The topological polar surface area (TPSA) is 198 Å². The molecule has 15 nitrogen and oxygen atoms in total. The lowest BCUT2D eigenvalue weighted by Gasteiger charge is -2.17. The number of benzene rings is 3. The molecule has 4 N–H and O–H groups in total. The number of carbonyl (C=O) groups excluding carboxylic acids is 2. The Morgan fingerprint density at radius 2 is 1.24 bits per heavy atom. The van der Waals surface area contributed by atoms with Gasteiger partial charge in [-0.1, -0.05) is 66.7 Å². The fourth-order valence-electron chi connectivity index (χ4n) is 6.15. The summed E-state index contributed by atoms with van der Waals surface area (Å²) in [7, 11) is 0. The van der Waals surface area contributed by atoms with Gasteiger partial charge in [-0.05, 0) is 57.2 Å². The van der Waals surface area contributed by atoms with Crippen LogP contribution in [0.3, 0.4) is 0 Å². The highest BCUT2D eigenvalue weighted by Gasteiger charge is 2.27. The molecular weight excluding hydrogens is 751 g/mol. The van der Waals surface area contributed by atoms with Gasteiger partial charge in [0.05, 0.1) is 24.0 Å². The van der Waals surface area contributed by atoms with Crippen molar-refractivity contribution in [3.05, 3.63) is 154 Å². The molecule has 4 aromatic heterocycles. The fraction of sp³-hybridized carbons (Fsp3) is 0.182. The van der Waals surface area contributed by atoms with Gasteiger partial charge in [-0.3, -0.25) is 19.6 Å². The molecule has 59 heavy (non-hydrogen) atoms. The first-order chi connectivity index (χ1) is 28.8. The fourth-order valence-corrected chi connectivity index (χ4v) is 6.15. The number of carbonyl (C=O) groups is 2. The Morgan fingerprint density at radius 1 is 0.661 bits per heavy atom. The first kappa shape index (κ1) is 41.1. The van der Waals surface area contributed by atoms with Crippen LogP contribution in [0.1, 0.15) is 41.5 Å². The number of ether oxygens (including phenoxy) is 2. The van der Waals surface area contributed by atoms with Crippen LogP contribution in [0.15, 0.2) is 131 Å². The van der Waals surface area contributed by atoms with Gasteiger partial charge in [0.1, 0.15) is 40.5 Å². The normalized spacial score (nSPS) is 10.6. The van der Waals surface area contributed by atoms with E-state index in [0.29, 0.717) is 41.4 Å². The van der Waals surface area contributed by atoms with Gasteiger partial charge in [0.25, 0.3) is 11.1 Å². The van der Waals surface area contributed by atoms with Gasteiger partial charge in [0.2, 0.25) is 0 Å². The Kier molecular flexibility index (Phi) is 13.6. The number of aryl methyl sites for hydroxylation is 2. The predicted molar refractivity (Wildman–Crippen MR) is 227 cm³/mol. The minimum Gasteiger partial charge on any atom is -0.462 e. The lowest BCUT2D eigenvalue weighted by molar-refractivity contribution is 0.0512. The van der Waals surface area contributed by atoms with Crippen molar-refractivity contribution in [2.75, 3.05) is 30.4 Å². The van der Waals surface area contributed by atoms with Crippen LogP contribution in [0.4, 0.5) is 22.7 Å². The zero-order valence-electron chi connectivity index (χ0n) is 32.8. The van der Waals surface area contributed by atoms with Crippen LogP contribution in [0.5, 0.6) is 0 Å². The molecule has 4 heterocycles. The van der Waals surface area contributed by atoms with Crippen LogP contribution in [0.25, 0.3) is 33.4 Å². The molecule has 15 heteroatoms. The molecule has 300 valence electrons. The molecule has 0 spiro atoms. The third kappa shape index (κ3) is 9.38. The van der Waals surface area contributed by atoms with Gasteiger partial charge < -0.3 is 25.8 Å². The molecule has 0 saturated heterocycles. The molecule has 7 aromatic rings. The SMILES string of the molecule is CCOC(=O)c1c(-c2ccccc2)nn(CC)c(=O)c1Nc1cccnc1.CCn1nc(-c2ccccc2)c(C(=O)OCCN)c(Nc2cccc3ncccc23)c1=O. The molecule has 0 aliphatic carbocycles. The first-order valence-electron chi connectivity index (χ1n) is 19.0. The monoisotopic (exact) mass is 793 g/mol. The smallest absolute Gasteiger partial charge is 0.342 e. The van der Waals surface area contributed by atoms with E-state index in [1.54, 1.807) is 37.6 Å². The maximum atomic E-state index is 13.3. The number of anilines is 4. The maximum absolute atomic E-state index is 13.3. The van der Waals surface area contributed by atoms with Gasteiger partial charge in [-0.25, -0.2) is 19.0 Å². The van der Waals surface area contributed by atoms with Gasteiger partial charge in [0.15, 0.2) is 0 Å². The van der Waals surface area contributed by atoms with Crippen LogP contribution in [0.2, 0.25) is 0 Å². The summed E-state index contributed by atoms with van der Waals surface area (Å²) in [6.07, 6.45) is 4.91. The van der Waals surface area contributed by atoms with Gasteiger partial charge in [-0.2, -0.15) is 10.2 Å². The highest BCUT2D eigenvalue weighted by Crippen LogP contribution is 2.31. The van der Waals surface area contributed by atoms with Crippen LogP contribution in [-0.2, 0) is 22.6 Å². The van der Waals surface area contributed by atoms with Crippen LogP contribution < -0.4 is 27.5 Å². The van der Waals surface area contributed by atoms with E-state index in [9.17, 15) is 19.2 Å². The van der Waals surface area contributed by atoms with E-state index in [4.69, 9.17) is 15.2 Å². The van der Waals surface area contributed by atoms with Crippen molar-refractivity contribution in [1.29, 1.82) is 0 Å². The highest BCUT2D eigenvalue weighted by atomic mass is 16.5. The van der Waals surface area contributed by atoms with Crippen molar-refractivity contribution < 1.29 is 19.1 Å². The number of aromatic nitrogens is 6. The average molecular weight is 794 g/mol. The summed E-state index contributed by atoms with van der Waals surface area (Å²) in [4.78, 5) is 60.5. The van der Waals surface area contributed by atoms with Crippen LogP contribution in [-0.4, -0.2) is 61.2 Å². The summed E-state index contributed by atoms with van der Waals surface area (Å²) < 4.78 is 13.2. The van der Waals surface area contributed by atoms with Crippen molar-refractivity contribution in [3.8, 4) is 22.5 Å². The third-order valence-corrected chi connectivity index (χ3v) is 8.88. The number of hydrogen-bond acceptors (Lipinski definition) is 13. The van der Waals surface area contributed by atoms with Gasteiger partial charge in [-0.15, -0.1) is 0 Å². The second kappa shape index (κ2) is 19.6. The number of pyridine rings is 2. The Labute approximate surface area is 339 Å². The molecule has 0 saturated carbocycles. The molecular formula is C44H43N9O6. The molecule has 0 amide bonds. The second-order valence-electron chi connectivity index (χ2n) is 12.7. The summed E-state index contributed by atoms with van der Waals surface area (Å²) >= 11 is 0. The average Bonchev–Trinajstić information content (AvgIpc) is 3.28. The van der Waals surface area contributed by atoms with Gasteiger partial charge in [0, 0.05) is 54.2 Å². The standard InChI is InChI=1S/C24H23N5O3.C20H20N4O3/c1-2-29-23(30)22(27-19-12-6-11-18-17(19)10-7-14-26-18)20(24(31)32-15-13-25)21(28-29)16-8-4-3-5-9-16;1-3-24-19(25)18(22-15-11-8-12-21-13-15)16(20(26)27-4-2)17(23-24)14-9-6-5-7-10-14/h3-12,14,27H,2,13,15,25H2,1H3;5-13,22H,3-4H2,1-2H3.